The predicted octanol–water partition coefficient (Wildman–Crippen LogP) is 2.95. The van der Waals surface area contributed by atoms with Gasteiger partial charge in [-0.25, -0.2) is 0 Å². The number of phenols is 1. The van der Waals surface area contributed by atoms with E-state index in [9.17, 15) is 9.90 Å². The van der Waals surface area contributed by atoms with Crippen LogP contribution in [0.3, 0.4) is 0 Å². The molecule has 2 rings (SSSR count). The first-order chi connectivity index (χ1) is 9.56. The van der Waals surface area contributed by atoms with Gasteiger partial charge in [0.1, 0.15) is 22.8 Å². The summed E-state index contributed by atoms with van der Waals surface area (Å²) in [6, 6.07) is 9.96. The third-order valence-electron chi connectivity index (χ3n) is 3.02. The number of ether oxygens (including phenoxy) is 2. The normalized spacial score (nSPS) is 10.2. The fraction of sp³-hybridized carbons (Fsp3) is 0.188. The van der Waals surface area contributed by atoms with Crippen molar-refractivity contribution in [3.05, 3.63) is 53.1 Å². The van der Waals surface area contributed by atoms with E-state index in [0.29, 0.717) is 17.1 Å². The first-order valence-corrected chi connectivity index (χ1v) is 6.13. The zero-order valence-corrected chi connectivity index (χ0v) is 11.6. The summed E-state index contributed by atoms with van der Waals surface area (Å²) in [5.74, 6) is 0.662. The van der Waals surface area contributed by atoms with Crippen molar-refractivity contribution in [1.29, 1.82) is 0 Å². The van der Waals surface area contributed by atoms with E-state index in [-0.39, 0.29) is 17.1 Å². The monoisotopic (exact) mass is 272 g/mol. The predicted molar refractivity (Wildman–Crippen MR) is 75.8 cm³/mol. The maximum atomic E-state index is 12.5. The Balaban J connectivity index is 2.47. The molecule has 0 aliphatic carbocycles. The van der Waals surface area contributed by atoms with Gasteiger partial charge in [-0.15, -0.1) is 0 Å². The molecule has 104 valence electrons. The van der Waals surface area contributed by atoms with Gasteiger partial charge in [0.05, 0.1) is 14.2 Å². The first kappa shape index (κ1) is 13.9. The first-order valence-electron chi connectivity index (χ1n) is 6.13. The van der Waals surface area contributed by atoms with Crippen molar-refractivity contribution in [2.45, 2.75) is 6.92 Å². The van der Waals surface area contributed by atoms with Crippen molar-refractivity contribution < 1.29 is 19.4 Å². The lowest BCUT2D eigenvalue weighted by Gasteiger charge is -2.11. The van der Waals surface area contributed by atoms with Crippen molar-refractivity contribution in [2.24, 2.45) is 0 Å². The third kappa shape index (κ3) is 2.59. The molecule has 4 heteroatoms. The van der Waals surface area contributed by atoms with Crippen LogP contribution in [0.2, 0.25) is 0 Å². The molecule has 0 aliphatic rings. The molecule has 0 atom stereocenters. The van der Waals surface area contributed by atoms with Crippen LogP contribution in [0.1, 0.15) is 21.5 Å². The van der Waals surface area contributed by atoms with Gasteiger partial charge >= 0.3 is 0 Å². The van der Waals surface area contributed by atoms with E-state index >= 15 is 0 Å². The van der Waals surface area contributed by atoms with Crippen LogP contribution in [0.4, 0.5) is 0 Å². The molecule has 1 N–H and O–H groups in total. The number of aryl methyl sites for hydroxylation is 1. The fourth-order valence-corrected chi connectivity index (χ4v) is 2.01. The summed E-state index contributed by atoms with van der Waals surface area (Å²) < 4.78 is 10.2. The average Bonchev–Trinajstić information content (AvgIpc) is 2.46. The highest BCUT2D eigenvalue weighted by Gasteiger charge is 2.19. The van der Waals surface area contributed by atoms with E-state index < -0.39 is 0 Å². The van der Waals surface area contributed by atoms with Crippen LogP contribution in [0.25, 0.3) is 0 Å². The molecule has 0 fully saturated rings. The molecule has 0 heterocycles. The Bertz CT molecular complexity index is 630. The van der Waals surface area contributed by atoms with Crippen molar-refractivity contribution >= 4 is 5.78 Å². The lowest BCUT2D eigenvalue weighted by Crippen LogP contribution is -2.05. The minimum Gasteiger partial charge on any atom is -0.507 e. The number of ketones is 1. The van der Waals surface area contributed by atoms with Gasteiger partial charge in [0.25, 0.3) is 0 Å². The van der Waals surface area contributed by atoms with Gasteiger partial charge in [-0.1, -0.05) is 0 Å². The number of hydrogen-bond acceptors (Lipinski definition) is 4. The standard InChI is InChI=1S/C16H16O4/c1-10-8-13(17)15(14(9-10)20-3)16(18)11-4-6-12(19-2)7-5-11/h4-9,17H,1-3H3. The maximum Gasteiger partial charge on any atom is 0.200 e. The molecule has 0 unspecified atom stereocenters. The summed E-state index contributed by atoms with van der Waals surface area (Å²) in [7, 11) is 3.03. The van der Waals surface area contributed by atoms with Crippen LogP contribution in [0, 0.1) is 6.92 Å². The van der Waals surface area contributed by atoms with Crippen LogP contribution in [0.15, 0.2) is 36.4 Å². The second-order valence-electron chi connectivity index (χ2n) is 4.42. The van der Waals surface area contributed by atoms with Crippen molar-refractivity contribution in [3.8, 4) is 17.2 Å². The summed E-state index contributed by atoms with van der Waals surface area (Å²) in [5.41, 5.74) is 1.46. The number of rotatable bonds is 4. The molecule has 0 bridgehead atoms. The number of methoxy groups -OCH3 is 2. The quantitative estimate of drug-likeness (QED) is 0.869. The van der Waals surface area contributed by atoms with Gasteiger partial charge in [-0.3, -0.25) is 4.79 Å². The van der Waals surface area contributed by atoms with E-state index in [4.69, 9.17) is 9.47 Å². The Morgan fingerprint density at radius 2 is 1.70 bits per heavy atom. The summed E-state index contributed by atoms with van der Waals surface area (Å²) in [6.07, 6.45) is 0. The smallest absolute Gasteiger partial charge is 0.200 e. The second kappa shape index (κ2) is 5.65. The maximum absolute atomic E-state index is 12.5. The van der Waals surface area contributed by atoms with Crippen LogP contribution >= 0.6 is 0 Å². The zero-order valence-electron chi connectivity index (χ0n) is 11.6. The number of carbonyl (C=O) groups excluding carboxylic acids is 1. The average molecular weight is 272 g/mol. The summed E-state index contributed by atoms with van der Waals surface area (Å²) >= 11 is 0. The highest BCUT2D eigenvalue weighted by Crippen LogP contribution is 2.31. The van der Waals surface area contributed by atoms with Gasteiger partial charge < -0.3 is 14.6 Å². The summed E-state index contributed by atoms with van der Waals surface area (Å²) in [5, 5.41) is 10.0. The van der Waals surface area contributed by atoms with Gasteiger partial charge in [0.15, 0.2) is 0 Å². The molecule has 4 nitrogen and oxygen atoms in total. The topological polar surface area (TPSA) is 55.8 Å². The number of benzene rings is 2. The third-order valence-corrected chi connectivity index (χ3v) is 3.02. The molecule has 0 aromatic heterocycles. The largest absolute Gasteiger partial charge is 0.507 e. The Labute approximate surface area is 117 Å². The molecule has 0 aliphatic heterocycles. The van der Waals surface area contributed by atoms with Crippen LogP contribution in [-0.2, 0) is 0 Å². The minimum absolute atomic E-state index is 0.0809. The Hall–Kier alpha value is -2.49. The van der Waals surface area contributed by atoms with E-state index in [0.717, 1.165) is 5.56 Å². The highest BCUT2D eigenvalue weighted by molar-refractivity contribution is 6.12. The number of hydrogen-bond donors (Lipinski definition) is 1. The van der Waals surface area contributed by atoms with Gasteiger partial charge in [0, 0.05) is 5.56 Å². The SMILES string of the molecule is COc1ccc(C(=O)c2c(O)cc(C)cc2OC)cc1. The van der Waals surface area contributed by atoms with Gasteiger partial charge in [-0.2, -0.15) is 0 Å². The molecular weight excluding hydrogens is 256 g/mol. The molecular formula is C16H16O4. The Kier molecular flexibility index (Phi) is 3.94. The number of aromatic hydroxyl groups is 1. The van der Waals surface area contributed by atoms with Crippen molar-refractivity contribution in [2.75, 3.05) is 14.2 Å². The molecule has 20 heavy (non-hydrogen) atoms. The second-order valence-corrected chi connectivity index (χ2v) is 4.42. The van der Waals surface area contributed by atoms with Crippen LogP contribution in [0.5, 0.6) is 17.2 Å². The van der Waals surface area contributed by atoms with E-state index in [1.165, 1.54) is 7.11 Å². The fourth-order valence-electron chi connectivity index (χ4n) is 2.01. The van der Waals surface area contributed by atoms with E-state index in [1.54, 1.807) is 43.5 Å². The number of phenolic OH excluding ortho intramolecular Hbond substituents is 1. The molecule has 0 spiro atoms. The molecule has 0 saturated carbocycles. The number of carbonyl (C=O) groups is 1. The molecule has 0 radical (unpaired) electrons. The van der Waals surface area contributed by atoms with E-state index in [2.05, 4.69) is 0 Å². The zero-order chi connectivity index (χ0) is 14.7. The van der Waals surface area contributed by atoms with Crippen LogP contribution < -0.4 is 9.47 Å². The molecule has 0 amide bonds. The highest BCUT2D eigenvalue weighted by atomic mass is 16.5. The minimum atomic E-state index is -0.290. The summed E-state index contributed by atoms with van der Waals surface area (Å²) in [4.78, 5) is 12.5. The van der Waals surface area contributed by atoms with Gasteiger partial charge in [-0.05, 0) is 48.9 Å². The van der Waals surface area contributed by atoms with Crippen LogP contribution in [-0.4, -0.2) is 25.1 Å². The van der Waals surface area contributed by atoms with Gasteiger partial charge in [0.2, 0.25) is 5.78 Å². The lowest BCUT2D eigenvalue weighted by molar-refractivity contribution is 0.103. The lowest BCUT2D eigenvalue weighted by atomic mass is 10.00. The molecule has 2 aromatic rings. The van der Waals surface area contributed by atoms with Crippen molar-refractivity contribution in [3.63, 3.8) is 0 Å². The molecule has 0 saturated heterocycles. The molecule has 2 aromatic carbocycles. The Morgan fingerprint density at radius 3 is 2.25 bits per heavy atom. The summed E-state index contributed by atoms with van der Waals surface area (Å²) in [6.45, 7) is 1.82. The van der Waals surface area contributed by atoms with Crippen molar-refractivity contribution in [1.82, 2.24) is 0 Å². The Morgan fingerprint density at radius 1 is 1.05 bits per heavy atom. The van der Waals surface area contributed by atoms with E-state index in [1.807, 2.05) is 6.92 Å².